The molecule has 0 fully saturated rings. The van der Waals surface area contributed by atoms with E-state index >= 15 is 0 Å². The van der Waals surface area contributed by atoms with Crippen LogP contribution in [0.3, 0.4) is 0 Å². The molecule has 0 spiro atoms. The van der Waals surface area contributed by atoms with Crippen molar-refractivity contribution in [3.05, 3.63) is 108 Å². The Labute approximate surface area is 172 Å². The largest absolute Gasteiger partial charge is 0.354 e. The first-order valence-corrected chi connectivity index (χ1v) is 10.3. The lowest BCUT2D eigenvalue weighted by atomic mass is 9.92. The standard InChI is InChI=1S/C27H26N2/c1-3-21-17-29(16-20-8-5-4-6-9-20)18-23-10-7-11-24-25(23)26(21)27(28-24)22-14-12-19(2)13-15-22/h3-15,21,28H,1,16-18H2,2H3. The Bertz CT molecular complexity index is 1150. The lowest BCUT2D eigenvalue weighted by Gasteiger charge is -2.24. The van der Waals surface area contributed by atoms with Gasteiger partial charge in [0.1, 0.15) is 0 Å². The average molecular weight is 379 g/mol. The van der Waals surface area contributed by atoms with E-state index in [1.165, 1.54) is 44.4 Å². The van der Waals surface area contributed by atoms with Gasteiger partial charge < -0.3 is 4.98 Å². The van der Waals surface area contributed by atoms with Crippen molar-refractivity contribution in [2.75, 3.05) is 6.54 Å². The zero-order valence-electron chi connectivity index (χ0n) is 16.9. The monoisotopic (exact) mass is 378 g/mol. The molecule has 0 amide bonds. The van der Waals surface area contributed by atoms with Gasteiger partial charge in [0.25, 0.3) is 0 Å². The fourth-order valence-corrected chi connectivity index (χ4v) is 4.63. The zero-order chi connectivity index (χ0) is 19.8. The zero-order valence-corrected chi connectivity index (χ0v) is 16.9. The fraction of sp³-hybridized carbons (Fsp3) is 0.185. The Kier molecular flexibility index (Phi) is 4.57. The summed E-state index contributed by atoms with van der Waals surface area (Å²) in [5.74, 6) is 0.285. The summed E-state index contributed by atoms with van der Waals surface area (Å²) in [7, 11) is 0. The number of benzene rings is 3. The maximum absolute atomic E-state index is 4.22. The molecule has 29 heavy (non-hydrogen) atoms. The van der Waals surface area contributed by atoms with Gasteiger partial charge in [-0.15, -0.1) is 6.58 Å². The Morgan fingerprint density at radius 3 is 2.55 bits per heavy atom. The highest BCUT2D eigenvalue weighted by atomic mass is 15.1. The highest BCUT2D eigenvalue weighted by molar-refractivity contribution is 5.94. The van der Waals surface area contributed by atoms with Crippen LogP contribution in [-0.2, 0) is 13.1 Å². The quantitative estimate of drug-likeness (QED) is 0.406. The third-order valence-corrected chi connectivity index (χ3v) is 6.04. The lowest BCUT2D eigenvalue weighted by molar-refractivity contribution is 0.255. The van der Waals surface area contributed by atoms with Crippen molar-refractivity contribution in [2.45, 2.75) is 25.9 Å². The van der Waals surface area contributed by atoms with Crippen molar-refractivity contribution >= 4 is 10.9 Å². The van der Waals surface area contributed by atoms with Gasteiger partial charge in [-0.05, 0) is 35.2 Å². The van der Waals surface area contributed by atoms with E-state index in [4.69, 9.17) is 0 Å². The SMILES string of the molecule is C=CC1CN(Cc2ccccc2)Cc2cccc3[nH]c(-c4ccc(C)cc4)c1c23. The maximum atomic E-state index is 4.22. The molecule has 1 aromatic heterocycles. The van der Waals surface area contributed by atoms with E-state index in [1.807, 2.05) is 0 Å². The number of rotatable bonds is 4. The molecule has 2 heterocycles. The first kappa shape index (κ1) is 18.0. The molecular weight excluding hydrogens is 352 g/mol. The smallest absolute Gasteiger partial charge is 0.0504 e. The van der Waals surface area contributed by atoms with Crippen molar-refractivity contribution in [3.63, 3.8) is 0 Å². The Morgan fingerprint density at radius 2 is 1.79 bits per heavy atom. The summed E-state index contributed by atoms with van der Waals surface area (Å²) in [6, 6.07) is 26.2. The van der Waals surface area contributed by atoms with Gasteiger partial charge in [0.05, 0.1) is 5.69 Å². The predicted molar refractivity (Wildman–Crippen MR) is 122 cm³/mol. The van der Waals surface area contributed by atoms with Crippen molar-refractivity contribution < 1.29 is 0 Å². The predicted octanol–water partition coefficient (Wildman–Crippen LogP) is 6.43. The summed E-state index contributed by atoms with van der Waals surface area (Å²) >= 11 is 0. The van der Waals surface area contributed by atoms with Crippen LogP contribution in [0, 0.1) is 6.92 Å². The van der Waals surface area contributed by atoms with Gasteiger partial charge in [-0.3, -0.25) is 4.90 Å². The minimum atomic E-state index is 0.285. The van der Waals surface area contributed by atoms with E-state index < -0.39 is 0 Å². The number of aromatic amines is 1. The van der Waals surface area contributed by atoms with Gasteiger partial charge in [0, 0.05) is 36.5 Å². The van der Waals surface area contributed by atoms with Crippen LogP contribution in [0.2, 0.25) is 0 Å². The molecule has 1 aliphatic rings. The molecule has 1 N–H and O–H groups in total. The van der Waals surface area contributed by atoms with Crippen molar-refractivity contribution in [3.8, 4) is 11.3 Å². The Hall–Kier alpha value is -3.10. The molecule has 0 bridgehead atoms. The molecule has 0 radical (unpaired) electrons. The normalized spacial score (nSPS) is 16.7. The Balaban J connectivity index is 1.63. The molecule has 2 nitrogen and oxygen atoms in total. The highest BCUT2D eigenvalue weighted by Gasteiger charge is 2.27. The number of hydrogen-bond acceptors (Lipinski definition) is 1. The molecule has 0 saturated carbocycles. The summed E-state index contributed by atoms with van der Waals surface area (Å²) in [5.41, 5.74) is 9.13. The van der Waals surface area contributed by atoms with E-state index in [-0.39, 0.29) is 5.92 Å². The summed E-state index contributed by atoms with van der Waals surface area (Å²) in [6.07, 6.45) is 2.13. The first-order chi connectivity index (χ1) is 14.2. The van der Waals surface area contributed by atoms with Crippen LogP contribution < -0.4 is 0 Å². The minimum absolute atomic E-state index is 0.285. The van der Waals surface area contributed by atoms with Crippen LogP contribution in [0.15, 0.2) is 85.5 Å². The molecule has 0 saturated heterocycles. The molecule has 2 heteroatoms. The van der Waals surface area contributed by atoms with E-state index in [0.717, 1.165) is 19.6 Å². The number of nitrogens with one attached hydrogen (secondary N) is 1. The van der Waals surface area contributed by atoms with Gasteiger partial charge in [-0.25, -0.2) is 0 Å². The number of aryl methyl sites for hydroxylation is 1. The van der Waals surface area contributed by atoms with E-state index in [0.29, 0.717) is 0 Å². The molecule has 4 aromatic rings. The number of H-pyrrole nitrogens is 1. The van der Waals surface area contributed by atoms with Crippen molar-refractivity contribution in [1.82, 2.24) is 9.88 Å². The molecular formula is C27H26N2. The second-order valence-electron chi connectivity index (χ2n) is 8.12. The van der Waals surface area contributed by atoms with Gasteiger partial charge in [-0.1, -0.05) is 78.4 Å². The molecule has 3 aromatic carbocycles. The van der Waals surface area contributed by atoms with Crippen LogP contribution in [0.1, 0.15) is 28.2 Å². The van der Waals surface area contributed by atoms with E-state index in [9.17, 15) is 0 Å². The molecule has 1 atom stereocenters. The van der Waals surface area contributed by atoms with Gasteiger partial charge in [0.15, 0.2) is 0 Å². The lowest BCUT2D eigenvalue weighted by Crippen LogP contribution is -2.26. The van der Waals surface area contributed by atoms with Crippen molar-refractivity contribution in [1.29, 1.82) is 0 Å². The van der Waals surface area contributed by atoms with E-state index in [2.05, 4.69) is 102 Å². The Morgan fingerprint density at radius 1 is 1.00 bits per heavy atom. The van der Waals surface area contributed by atoms with Crippen LogP contribution in [0.4, 0.5) is 0 Å². The van der Waals surface area contributed by atoms with Crippen LogP contribution in [-0.4, -0.2) is 16.4 Å². The molecule has 1 unspecified atom stereocenters. The summed E-state index contributed by atoms with van der Waals surface area (Å²) in [6.45, 7) is 9.23. The topological polar surface area (TPSA) is 19.0 Å². The minimum Gasteiger partial charge on any atom is -0.354 e. The molecule has 5 rings (SSSR count). The van der Waals surface area contributed by atoms with Crippen molar-refractivity contribution in [2.24, 2.45) is 0 Å². The third-order valence-electron chi connectivity index (χ3n) is 6.04. The van der Waals surface area contributed by atoms with E-state index in [1.54, 1.807) is 0 Å². The van der Waals surface area contributed by atoms with Crippen LogP contribution >= 0.6 is 0 Å². The molecule has 144 valence electrons. The number of aromatic nitrogens is 1. The molecule has 0 aliphatic carbocycles. The number of nitrogens with zero attached hydrogens (tertiary/aromatic N) is 1. The van der Waals surface area contributed by atoms with Crippen LogP contribution in [0.25, 0.3) is 22.2 Å². The third kappa shape index (κ3) is 3.30. The summed E-state index contributed by atoms with van der Waals surface area (Å²) < 4.78 is 0. The fourth-order valence-electron chi connectivity index (χ4n) is 4.63. The molecule has 1 aliphatic heterocycles. The summed E-state index contributed by atoms with van der Waals surface area (Å²) in [4.78, 5) is 6.27. The van der Waals surface area contributed by atoms with Gasteiger partial charge >= 0.3 is 0 Å². The van der Waals surface area contributed by atoms with Crippen LogP contribution in [0.5, 0.6) is 0 Å². The first-order valence-electron chi connectivity index (χ1n) is 10.3. The second-order valence-corrected chi connectivity index (χ2v) is 8.12. The number of hydrogen-bond donors (Lipinski definition) is 1. The van der Waals surface area contributed by atoms with Gasteiger partial charge in [-0.2, -0.15) is 0 Å². The summed E-state index contributed by atoms with van der Waals surface area (Å²) in [5, 5.41) is 1.38. The average Bonchev–Trinajstić information content (AvgIpc) is 3.05. The maximum Gasteiger partial charge on any atom is 0.0504 e. The van der Waals surface area contributed by atoms with Gasteiger partial charge in [0.2, 0.25) is 0 Å². The highest BCUT2D eigenvalue weighted by Crippen LogP contribution is 2.41. The second kappa shape index (κ2) is 7.38.